The molecule has 6 heteroatoms. The van der Waals surface area contributed by atoms with E-state index in [9.17, 15) is 20.1 Å². The fourth-order valence-corrected chi connectivity index (χ4v) is 1.85. The largest absolute Gasteiger partial charge is 0.451 e. The highest BCUT2D eigenvalue weighted by Gasteiger charge is 2.31. The molecule has 4 N–H and O–H groups in total. The molecular weight excluding hydrogens is 262 g/mol. The first-order valence-electron chi connectivity index (χ1n) is 6.19. The third-order valence-corrected chi connectivity index (χ3v) is 3.18. The average Bonchev–Trinajstić information content (AvgIpc) is 2.88. The Labute approximate surface area is 115 Å². The second-order valence-corrected chi connectivity index (χ2v) is 4.86. The highest BCUT2D eigenvalue weighted by molar-refractivity contribution is 5.96. The Kier molecular flexibility index (Phi) is 4.08. The Morgan fingerprint density at radius 3 is 2.45 bits per heavy atom. The van der Waals surface area contributed by atoms with Crippen LogP contribution in [0.4, 0.5) is 0 Å². The summed E-state index contributed by atoms with van der Waals surface area (Å²) in [6, 6.07) is 7.09. The molecule has 0 aliphatic rings. The van der Waals surface area contributed by atoms with Crippen LogP contribution >= 0.6 is 0 Å². The van der Waals surface area contributed by atoms with Crippen molar-refractivity contribution >= 4 is 16.9 Å². The van der Waals surface area contributed by atoms with Gasteiger partial charge in [-0.25, -0.2) is 0 Å². The standard InChI is InChI=1S/C14H17NO5/c1-9-2-3-11-10(4-9)5-12(20-11)13(19)15-14(6-16,7-17)8-18/h2-5,16-18H,6-8H2,1H3,(H,15,19). The lowest BCUT2D eigenvalue weighted by atomic mass is 10.0. The van der Waals surface area contributed by atoms with Crippen LogP contribution in [0.2, 0.25) is 0 Å². The van der Waals surface area contributed by atoms with Gasteiger partial charge in [-0.15, -0.1) is 0 Å². The summed E-state index contributed by atoms with van der Waals surface area (Å²) >= 11 is 0. The number of aliphatic hydroxyl groups is 3. The van der Waals surface area contributed by atoms with Crippen molar-refractivity contribution in [2.24, 2.45) is 0 Å². The monoisotopic (exact) mass is 279 g/mol. The predicted octanol–water partition coefficient (Wildman–Crippen LogP) is 0.187. The van der Waals surface area contributed by atoms with E-state index in [4.69, 9.17) is 4.42 Å². The summed E-state index contributed by atoms with van der Waals surface area (Å²) in [5.41, 5.74) is 0.149. The molecule has 0 bridgehead atoms. The Morgan fingerprint density at radius 2 is 1.85 bits per heavy atom. The van der Waals surface area contributed by atoms with E-state index in [2.05, 4.69) is 5.32 Å². The Bertz CT molecular complexity index is 607. The van der Waals surface area contributed by atoms with E-state index < -0.39 is 31.3 Å². The molecule has 1 aromatic heterocycles. The molecule has 0 atom stereocenters. The summed E-state index contributed by atoms with van der Waals surface area (Å²) in [5, 5.41) is 30.7. The van der Waals surface area contributed by atoms with Crippen molar-refractivity contribution in [3.63, 3.8) is 0 Å². The molecule has 0 fully saturated rings. The topological polar surface area (TPSA) is 103 Å². The molecular formula is C14H17NO5. The number of benzene rings is 1. The molecule has 0 unspecified atom stereocenters. The molecule has 20 heavy (non-hydrogen) atoms. The summed E-state index contributed by atoms with van der Waals surface area (Å²) in [5.74, 6) is -0.540. The van der Waals surface area contributed by atoms with Crippen molar-refractivity contribution in [1.82, 2.24) is 5.32 Å². The van der Waals surface area contributed by atoms with Gasteiger partial charge in [0, 0.05) is 5.39 Å². The van der Waals surface area contributed by atoms with Crippen molar-refractivity contribution in [3.8, 4) is 0 Å². The smallest absolute Gasteiger partial charge is 0.287 e. The minimum absolute atomic E-state index is 0.0605. The number of nitrogens with one attached hydrogen (secondary N) is 1. The Morgan fingerprint density at radius 1 is 1.20 bits per heavy atom. The van der Waals surface area contributed by atoms with E-state index in [1.807, 2.05) is 19.1 Å². The van der Waals surface area contributed by atoms with Gasteiger partial charge in [-0.3, -0.25) is 4.79 Å². The van der Waals surface area contributed by atoms with Gasteiger partial charge in [0.05, 0.1) is 19.8 Å². The van der Waals surface area contributed by atoms with Crippen LogP contribution in [0.5, 0.6) is 0 Å². The van der Waals surface area contributed by atoms with Crippen LogP contribution in [0.15, 0.2) is 28.7 Å². The summed E-state index contributed by atoms with van der Waals surface area (Å²) in [7, 11) is 0. The van der Waals surface area contributed by atoms with E-state index in [1.54, 1.807) is 12.1 Å². The van der Waals surface area contributed by atoms with Crippen molar-refractivity contribution in [3.05, 3.63) is 35.6 Å². The fourth-order valence-electron chi connectivity index (χ4n) is 1.85. The summed E-state index contributed by atoms with van der Waals surface area (Å²) in [6.45, 7) is 0.196. The molecule has 0 saturated carbocycles. The van der Waals surface area contributed by atoms with Crippen LogP contribution < -0.4 is 5.32 Å². The minimum atomic E-state index is -1.47. The maximum atomic E-state index is 12.1. The number of carbonyl (C=O) groups excluding carboxylic acids is 1. The Balaban J connectivity index is 2.27. The first-order valence-corrected chi connectivity index (χ1v) is 6.19. The Hall–Kier alpha value is -1.89. The van der Waals surface area contributed by atoms with Gasteiger partial charge in [0.1, 0.15) is 11.1 Å². The molecule has 2 rings (SSSR count). The highest BCUT2D eigenvalue weighted by Crippen LogP contribution is 2.21. The van der Waals surface area contributed by atoms with E-state index in [-0.39, 0.29) is 5.76 Å². The highest BCUT2D eigenvalue weighted by atomic mass is 16.3. The zero-order valence-corrected chi connectivity index (χ0v) is 11.1. The maximum absolute atomic E-state index is 12.1. The number of aryl methyl sites for hydroxylation is 1. The molecule has 0 saturated heterocycles. The average molecular weight is 279 g/mol. The van der Waals surface area contributed by atoms with Gasteiger partial charge in [0.25, 0.3) is 5.91 Å². The molecule has 0 spiro atoms. The van der Waals surface area contributed by atoms with Gasteiger partial charge in [-0.1, -0.05) is 11.6 Å². The number of hydrogen-bond acceptors (Lipinski definition) is 5. The van der Waals surface area contributed by atoms with Gasteiger partial charge in [0.2, 0.25) is 0 Å². The number of furan rings is 1. The van der Waals surface area contributed by atoms with Crippen LogP contribution in [0.1, 0.15) is 16.1 Å². The number of hydrogen-bond donors (Lipinski definition) is 4. The van der Waals surface area contributed by atoms with Crippen LogP contribution in [0.3, 0.4) is 0 Å². The molecule has 0 aliphatic heterocycles. The van der Waals surface area contributed by atoms with Gasteiger partial charge in [-0.05, 0) is 25.1 Å². The third kappa shape index (κ3) is 2.67. The predicted molar refractivity (Wildman–Crippen MR) is 72.4 cm³/mol. The van der Waals surface area contributed by atoms with E-state index in [0.717, 1.165) is 10.9 Å². The number of rotatable bonds is 5. The zero-order valence-electron chi connectivity index (χ0n) is 11.1. The molecule has 0 aliphatic carbocycles. The van der Waals surface area contributed by atoms with Gasteiger partial charge >= 0.3 is 0 Å². The van der Waals surface area contributed by atoms with Gasteiger partial charge in [0.15, 0.2) is 5.76 Å². The van der Waals surface area contributed by atoms with E-state index in [1.165, 1.54) is 0 Å². The van der Waals surface area contributed by atoms with E-state index in [0.29, 0.717) is 5.58 Å². The van der Waals surface area contributed by atoms with Gasteiger partial charge < -0.3 is 25.1 Å². The number of fused-ring (bicyclic) bond motifs is 1. The van der Waals surface area contributed by atoms with Crippen LogP contribution in [-0.2, 0) is 0 Å². The summed E-state index contributed by atoms with van der Waals surface area (Å²) < 4.78 is 5.41. The van der Waals surface area contributed by atoms with Crippen molar-refractivity contribution in [1.29, 1.82) is 0 Å². The summed E-state index contributed by atoms with van der Waals surface area (Å²) in [4.78, 5) is 12.1. The molecule has 6 nitrogen and oxygen atoms in total. The van der Waals surface area contributed by atoms with Gasteiger partial charge in [-0.2, -0.15) is 0 Å². The van der Waals surface area contributed by atoms with Crippen molar-refractivity contribution < 1.29 is 24.5 Å². The maximum Gasteiger partial charge on any atom is 0.287 e. The molecule has 1 heterocycles. The molecule has 0 radical (unpaired) electrons. The lowest BCUT2D eigenvalue weighted by Crippen LogP contribution is -2.56. The first kappa shape index (κ1) is 14.5. The second kappa shape index (κ2) is 5.62. The first-order chi connectivity index (χ1) is 9.53. The van der Waals surface area contributed by atoms with Crippen LogP contribution in [0.25, 0.3) is 11.0 Å². The normalized spacial score (nSPS) is 11.8. The number of aliphatic hydroxyl groups excluding tert-OH is 3. The zero-order chi connectivity index (χ0) is 14.8. The molecule has 2 aromatic rings. The minimum Gasteiger partial charge on any atom is -0.451 e. The third-order valence-electron chi connectivity index (χ3n) is 3.18. The quantitative estimate of drug-likeness (QED) is 0.625. The molecule has 108 valence electrons. The number of carbonyl (C=O) groups is 1. The fraction of sp³-hybridized carbons (Fsp3) is 0.357. The summed E-state index contributed by atoms with van der Waals surface area (Å²) in [6.07, 6.45) is 0. The SMILES string of the molecule is Cc1ccc2oc(C(=O)NC(CO)(CO)CO)cc2c1. The van der Waals surface area contributed by atoms with Crippen LogP contribution in [-0.4, -0.2) is 46.6 Å². The lowest BCUT2D eigenvalue weighted by molar-refractivity contribution is 0.0364. The van der Waals surface area contributed by atoms with E-state index >= 15 is 0 Å². The molecule has 1 aromatic carbocycles. The van der Waals surface area contributed by atoms with Crippen molar-refractivity contribution in [2.45, 2.75) is 12.5 Å². The van der Waals surface area contributed by atoms with Crippen LogP contribution in [0, 0.1) is 6.92 Å². The second-order valence-electron chi connectivity index (χ2n) is 4.86. The molecule has 1 amide bonds. The lowest BCUT2D eigenvalue weighted by Gasteiger charge is -2.28. The number of amides is 1. The van der Waals surface area contributed by atoms with Crippen molar-refractivity contribution in [2.75, 3.05) is 19.8 Å².